The topological polar surface area (TPSA) is 50.4 Å². The van der Waals surface area contributed by atoms with Gasteiger partial charge in [0, 0.05) is 25.4 Å². The second-order valence-corrected chi connectivity index (χ2v) is 4.24. The Hall–Kier alpha value is -1.55. The van der Waals surface area contributed by atoms with E-state index in [9.17, 15) is 4.79 Å². The second-order valence-electron chi connectivity index (χ2n) is 4.24. The number of amides is 1. The number of hydrogen-bond acceptors (Lipinski definition) is 3. The third kappa shape index (κ3) is 4.37. The van der Waals surface area contributed by atoms with Crippen molar-refractivity contribution in [2.45, 2.75) is 25.8 Å². The van der Waals surface area contributed by atoms with Gasteiger partial charge in [0.1, 0.15) is 0 Å². The van der Waals surface area contributed by atoms with Crippen LogP contribution in [0.4, 0.5) is 5.69 Å². The number of rotatable bonds is 7. The van der Waals surface area contributed by atoms with E-state index in [4.69, 9.17) is 4.74 Å². The predicted molar refractivity (Wildman–Crippen MR) is 74.0 cm³/mol. The van der Waals surface area contributed by atoms with Crippen LogP contribution in [0.25, 0.3) is 0 Å². The molecule has 1 amide bonds. The van der Waals surface area contributed by atoms with Crippen molar-refractivity contribution >= 4 is 11.6 Å². The van der Waals surface area contributed by atoms with Crippen LogP contribution in [0.1, 0.15) is 30.1 Å². The molecule has 0 aliphatic rings. The fourth-order valence-electron chi connectivity index (χ4n) is 1.80. The summed E-state index contributed by atoms with van der Waals surface area (Å²) in [6.07, 6.45) is 1.95. The van der Waals surface area contributed by atoms with E-state index >= 15 is 0 Å². The number of anilines is 1. The summed E-state index contributed by atoms with van der Waals surface area (Å²) < 4.78 is 5.11. The van der Waals surface area contributed by atoms with Crippen LogP contribution in [0.2, 0.25) is 0 Å². The smallest absolute Gasteiger partial charge is 0.251 e. The van der Waals surface area contributed by atoms with Crippen molar-refractivity contribution in [1.82, 2.24) is 5.32 Å². The summed E-state index contributed by atoms with van der Waals surface area (Å²) in [6.45, 7) is 2.64. The monoisotopic (exact) mass is 250 g/mol. The Bertz CT molecular complexity index is 357. The minimum Gasteiger partial charge on any atom is -0.388 e. The van der Waals surface area contributed by atoms with Crippen molar-refractivity contribution < 1.29 is 9.53 Å². The highest BCUT2D eigenvalue weighted by molar-refractivity contribution is 5.94. The summed E-state index contributed by atoms with van der Waals surface area (Å²) in [5.41, 5.74) is 1.67. The number of carbonyl (C=O) groups excluding carboxylic acids is 1. The van der Waals surface area contributed by atoms with Gasteiger partial charge in [-0.05, 0) is 30.7 Å². The van der Waals surface area contributed by atoms with Crippen molar-refractivity contribution in [3.63, 3.8) is 0 Å². The number of carbonyl (C=O) groups is 1. The van der Waals surface area contributed by atoms with Gasteiger partial charge in [0.2, 0.25) is 0 Å². The van der Waals surface area contributed by atoms with E-state index in [1.54, 1.807) is 7.11 Å². The van der Waals surface area contributed by atoms with Gasteiger partial charge < -0.3 is 15.4 Å². The summed E-state index contributed by atoms with van der Waals surface area (Å²) >= 11 is 0. The fraction of sp³-hybridized carbons (Fsp3) is 0.500. The van der Waals surface area contributed by atoms with Gasteiger partial charge in [-0.3, -0.25) is 4.79 Å². The summed E-state index contributed by atoms with van der Waals surface area (Å²) in [6, 6.07) is 7.49. The van der Waals surface area contributed by atoms with Crippen molar-refractivity contribution in [2.75, 3.05) is 26.1 Å². The Morgan fingerprint density at radius 2 is 2.00 bits per heavy atom. The Labute approximate surface area is 109 Å². The Balaban J connectivity index is 2.61. The molecule has 1 rings (SSSR count). The molecule has 0 bridgehead atoms. The molecule has 4 nitrogen and oxygen atoms in total. The average Bonchev–Trinajstić information content (AvgIpc) is 2.39. The number of benzene rings is 1. The molecule has 0 aromatic heterocycles. The minimum absolute atomic E-state index is 0.0480. The SMILES string of the molecule is CCCC(COC)NC(=O)c1ccc(NC)cc1. The summed E-state index contributed by atoms with van der Waals surface area (Å²) in [5.74, 6) is -0.0480. The first kappa shape index (κ1) is 14.5. The molecule has 2 N–H and O–H groups in total. The van der Waals surface area contributed by atoms with Gasteiger partial charge in [-0.25, -0.2) is 0 Å². The van der Waals surface area contributed by atoms with E-state index in [0.717, 1.165) is 18.5 Å². The van der Waals surface area contributed by atoms with Crippen LogP contribution >= 0.6 is 0 Å². The van der Waals surface area contributed by atoms with Crippen LogP contribution in [0.15, 0.2) is 24.3 Å². The maximum absolute atomic E-state index is 12.0. The van der Waals surface area contributed by atoms with Crippen LogP contribution in [-0.4, -0.2) is 32.7 Å². The van der Waals surface area contributed by atoms with Crippen LogP contribution in [0, 0.1) is 0 Å². The first-order valence-corrected chi connectivity index (χ1v) is 6.28. The van der Waals surface area contributed by atoms with E-state index in [0.29, 0.717) is 12.2 Å². The molecular weight excluding hydrogens is 228 g/mol. The summed E-state index contributed by atoms with van der Waals surface area (Å²) in [4.78, 5) is 12.0. The van der Waals surface area contributed by atoms with Gasteiger partial charge in [0.05, 0.1) is 12.6 Å². The van der Waals surface area contributed by atoms with Crippen LogP contribution in [0.3, 0.4) is 0 Å². The van der Waals surface area contributed by atoms with Gasteiger partial charge in [-0.15, -0.1) is 0 Å². The molecule has 4 heteroatoms. The minimum atomic E-state index is -0.0480. The molecule has 0 spiro atoms. The standard InChI is InChI=1S/C14H22N2O2/c1-4-5-13(10-18-3)16-14(17)11-6-8-12(15-2)9-7-11/h6-9,13,15H,4-5,10H2,1-3H3,(H,16,17). The molecule has 100 valence electrons. The lowest BCUT2D eigenvalue weighted by atomic mass is 10.1. The number of nitrogens with one attached hydrogen (secondary N) is 2. The van der Waals surface area contributed by atoms with Gasteiger partial charge in [-0.1, -0.05) is 13.3 Å². The molecule has 1 atom stereocenters. The van der Waals surface area contributed by atoms with E-state index in [1.807, 2.05) is 31.3 Å². The molecule has 0 aliphatic heterocycles. The summed E-state index contributed by atoms with van der Waals surface area (Å²) in [5, 5.41) is 6.01. The number of hydrogen-bond donors (Lipinski definition) is 2. The maximum Gasteiger partial charge on any atom is 0.251 e. The van der Waals surface area contributed by atoms with Gasteiger partial charge in [0.15, 0.2) is 0 Å². The van der Waals surface area contributed by atoms with Crippen LogP contribution < -0.4 is 10.6 Å². The third-order valence-corrected chi connectivity index (χ3v) is 2.78. The molecule has 0 saturated carbocycles. The number of methoxy groups -OCH3 is 1. The molecule has 0 saturated heterocycles. The van der Waals surface area contributed by atoms with E-state index in [1.165, 1.54) is 0 Å². The van der Waals surface area contributed by atoms with Crippen LogP contribution in [0.5, 0.6) is 0 Å². The first-order valence-electron chi connectivity index (χ1n) is 6.28. The highest BCUT2D eigenvalue weighted by Crippen LogP contribution is 2.09. The van der Waals surface area contributed by atoms with Gasteiger partial charge in [-0.2, -0.15) is 0 Å². The van der Waals surface area contributed by atoms with Crippen molar-refractivity contribution in [3.8, 4) is 0 Å². The highest BCUT2D eigenvalue weighted by atomic mass is 16.5. The molecule has 0 aliphatic carbocycles. The first-order chi connectivity index (χ1) is 8.71. The van der Waals surface area contributed by atoms with E-state index in [2.05, 4.69) is 17.6 Å². The van der Waals surface area contributed by atoms with Gasteiger partial charge in [0.25, 0.3) is 5.91 Å². The maximum atomic E-state index is 12.0. The van der Waals surface area contributed by atoms with Crippen LogP contribution in [-0.2, 0) is 4.74 Å². The Kier molecular flexibility index (Phi) is 6.22. The molecule has 18 heavy (non-hydrogen) atoms. The zero-order valence-electron chi connectivity index (χ0n) is 11.3. The molecule has 0 heterocycles. The van der Waals surface area contributed by atoms with E-state index in [-0.39, 0.29) is 11.9 Å². The number of ether oxygens (including phenoxy) is 1. The lowest BCUT2D eigenvalue weighted by molar-refractivity contribution is 0.0891. The zero-order chi connectivity index (χ0) is 13.4. The normalized spacial score (nSPS) is 11.9. The molecule has 0 radical (unpaired) electrons. The summed E-state index contributed by atoms with van der Waals surface area (Å²) in [7, 11) is 3.50. The molecule has 0 fully saturated rings. The van der Waals surface area contributed by atoms with Crippen molar-refractivity contribution in [3.05, 3.63) is 29.8 Å². The fourth-order valence-corrected chi connectivity index (χ4v) is 1.80. The second kappa shape index (κ2) is 7.71. The average molecular weight is 250 g/mol. The van der Waals surface area contributed by atoms with Gasteiger partial charge >= 0.3 is 0 Å². The Morgan fingerprint density at radius 1 is 1.33 bits per heavy atom. The molecule has 1 unspecified atom stereocenters. The largest absolute Gasteiger partial charge is 0.388 e. The third-order valence-electron chi connectivity index (χ3n) is 2.78. The predicted octanol–water partition coefficient (Wildman–Crippen LogP) is 2.27. The highest BCUT2D eigenvalue weighted by Gasteiger charge is 2.12. The van der Waals surface area contributed by atoms with E-state index < -0.39 is 0 Å². The quantitative estimate of drug-likeness (QED) is 0.780. The lowest BCUT2D eigenvalue weighted by Crippen LogP contribution is -2.37. The lowest BCUT2D eigenvalue weighted by Gasteiger charge is -2.17. The Morgan fingerprint density at radius 3 is 2.50 bits per heavy atom. The van der Waals surface area contributed by atoms with Crippen molar-refractivity contribution in [2.24, 2.45) is 0 Å². The van der Waals surface area contributed by atoms with Crippen molar-refractivity contribution in [1.29, 1.82) is 0 Å². The molecule has 1 aromatic carbocycles. The molecular formula is C14H22N2O2. The molecule has 1 aromatic rings. The zero-order valence-corrected chi connectivity index (χ0v) is 11.3.